The maximum Gasteiger partial charge on any atom is 0.311 e. The predicted octanol–water partition coefficient (Wildman–Crippen LogP) is 8.01. The molecule has 4 heteroatoms. The Bertz CT molecular complexity index is 843. The average Bonchev–Trinajstić information content (AvgIpc) is 2.82. The van der Waals surface area contributed by atoms with Gasteiger partial charge in [-0.05, 0) is 30.7 Å². The minimum atomic E-state index is -0.303. The van der Waals surface area contributed by atoms with Crippen molar-refractivity contribution in [2.24, 2.45) is 0 Å². The van der Waals surface area contributed by atoms with Gasteiger partial charge >= 0.3 is 5.97 Å². The van der Waals surface area contributed by atoms with E-state index in [0.29, 0.717) is 17.7 Å². The first-order chi connectivity index (χ1) is 16.1. The Balaban J connectivity index is 1.58. The van der Waals surface area contributed by atoms with Gasteiger partial charge < -0.3 is 9.84 Å². The molecule has 2 aromatic carbocycles. The van der Waals surface area contributed by atoms with Crippen LogP contribution in [0.1, 0.15) is 113 Å². The summed E-state index contributed by atoms with van der Waals surface area (Å²) in [6.07, 6.45) is 16.8. The van der Waals surface area contributed by atoms with E-state index >= 15 is 0 Å². The number of esters is 1. The van der Waals surface area contributed by atoms with Gasteiger partial charge in [-0.3, -0.25) is 9.59 Å². The molecule has 2 aromatic rings. The largest absolute Gasteiger partial charge is 0.507 e. The summed E-state index contributed by atoms with van der Waals surface area (Å²) in [4.78, 5) is 24.8. The molecule has 0 saturated carbocycles. The van der Waals surface area contributed by atoms with Gasteiger partial charge in [0.15, 0.2) is 5.78 Å². The summed E-state index contributed by atoms with van der Waals surface area (Å²) in [6, 6.07) is 13.0. The highest BCUT2D eigenvalue weighted by Gasteiger charge is 2.14. The quantitative estimate of drug-likeness (QED) is 0.114. The van der Waals surface area contributed by atoms with E-state index in [0.717, 1.165) is 19.3 Å². The second kappa shape index (κ2) is 16.1. The number of hydrogen-bond acceptors (Lipinski definition) is 4. The Labute approximate surface area is 199 Å². The Morgan fingerprint density at radius 3 is 1.91 bits per heavy atom. The van der Waals surface area contributed by atoms with Crippen LogP contribution < -0.4 is 4.74 Å². The van der Waals surface area contributed by atoms with Gasteiger partial charge in [0.2, 0.25) is 0 Å². The minimum Gasteiger partial charge on any atom is -0.507 e. The van der Waals surface area contributed by atoms with Gasteiger partial charge in [-0.2, -0.15) is 0 Å². The molecule has 0 atom stereocenters. The number of aromatic hydroxyl groups is 1. The first-order valence-corrected chi connectivity index (χ1v) is 12.7. The molecule has 180 valence electrons. The zero-order valence-electron chi connectivity index (χ0n) is 20.2. The third kappa shape index (κ3) is 10.7. The monoisotopic (exact) mass is 452 g/mol. The van der Waals surface area contributed by atoms with Crippen LogP contribution >= 0.6 is 0 Å². The summed E-state index contributed by atoms with van der Waals surface area (Å²) in [5, 5.41) is 9.90. The molecule has 2 rings (SSSR count). The van der Waals surface area contributed by atoms with Crippen LogP contribution in [-0.2, 0) is 4.79 Å². The van der Waals surface area contributed by atoms with Gasteiger partial charge in [0.05, 0.1) is 5.56 Å². The molecule has 0 heterocycles. The van der Waals surface area contributed by atoms with Gasteiger partial charge in [0, 0.05) is 12.0 Å². The molecule has 1 N–H and O–H groups in total. The van der Waals surface area contributed by atoms with Crippen LogP contribution in [0.3, 0.4) is 0 Å². The molecule has 0 spiro atoms. The van der Waals surface area contributed by atoms with Crippen molar-refractivity contribution in [3.05, 3.63) is 59.7 Å². The van der Waals surface area contributed by atoms with Crippen LogP contribution in [0.4, 0.5) is 0 Å². The van der Waals surface area contributed by atoms with Crippen LogP contribution in [0.2, 0.25) is 0 Å². The fourth-order valence-corrected chi connectivity index (χ4v) is 3.99. The van der Waals surface area contributed by atoms with Gasteiger partial charge in [-0.1, -0.05) is 108 Å². The average molecular weight is 453 g/mol. The van der Waals surface area contributed by atoms with E-state index in [4.69, 9.17) is 4.74 Å². The Morgan fingerprint density at radius 2 is 1.30 bits per heavy atom. The van der Waals surface area contributed by atoms with Crippen LogP contribution in [0.5, 0.6) is 11.5 Å². The number of benzene rings is 2. The Morgan fingerprint density at radius 1 is 0.727 bits per heavy atom. The molecule has 0 aromatic heterocycles. The molecular formula is C29H40O4. The van der Waals surface area contributed by atoms with Crippen LogP contribution in [-0.4, -0.2) is 16.9 Å². The van der Waals surface area contributed by atoms with Crippen molar-refractivity contribution < 1.29 is 19.4 Å². The van der Waals surface area contributed by atoms with Gasteiger partial charge in [-0.25, -0.2) is 0 Å². The fourth-order valence-electron chi connectivity index (χ4n) is 3.99. The van der Waals surface area contributed by atoms with Crippen LogP contribution in [0.25, 0.3) is 0 Å². The number of ether oxygens (including phenoxy) is 1. The predicted molar refractivity (Wildman–Crippen MR) is 134 cm³/mol. The molecular weight excluding hydrogens is 412 g/mol. The summed E-state index contributed by atoms with van der Waals surface area (Å²) in [7, 11) is 0. The smallest absolute Gasteiger partial charge is 0.311 e. The molecule has 4 nitrogen and oxygen atoms in total. The molecule has 0 radical (unpaired) electrons. The number of phenols is 1. The first kappa shape index (κ1) is 26.6. The van der Waals surface area contributed by atoms with Crippen molar-refractivity contribution in [1.29, 1.82) is 0 Å². The van der Waals surface area contributed by atoms with Gasteiger partial charge in [0.25, 0.3) is 0 Å². The van der Waals surface area contributed by atoms with E-state index in [2.05, 4.69) is 6.92 Å². The number of rotatable bonds is 17. The highest BCUT2D eigenvalue weighted by molar-refractivity contribution is 6.10. The molecule has 0 aliphatic heterocycles. The summed E-state index contributed by atoms with van der Waals surface area (Å²) in [5.41, 5.74) is 0.607. The topological polar surface area (TPSA) is 63.6 Å². The van der Waals surface area contributed by atoms with Crippen molar-refractivity contribution in [3.8, 4) is 11.5 Å². The lowest BCUT2D eigenvalue weighted by molar-refractivity contribution is -0.134. The maximum absolute atomic E-state index is 12.6. The summed E-state index contributed by atoms with van der Waals surface area (Å²) in [6.45, 7) is 2.26. The van der Waals surface area contributed by atoms with E-state index in [-0.39, 0.29) is 23.1 Å². The summed E-state index contributed by atoms with van der Waals surface area (Å²) in [5.74, 6) is -0.281. The maximum atomic E-state index is 12.6. The second-order valence-corrected chi connectivity index (χ2v) is 8.84. The number of carbonyl (C=O) groups excluding carboxylic acids is 2. The lowest BCUT2D eigenvalue weighted by Gasteiger charge is -2.07. The van der Waals surface area contributed by atoms with E-state index < -0.39 is 0 Å². The molecule has 0 aliphatic rings. The summed E-state index contributed by atoms with van der Waals surface area (Å²) < 4.78 is 5.42. The Kier molecular flexibility index (Phi) is 13.0. The fraction of sp³-hybridized carbons (Fsp3) is 0.517. The van der Waals surface area contributed by atoms with Gasteiger partial charge in [0.1, 0.15) is 11.5 Å². The number of para-hydroxylation sites is 1. The second-order valence-electron chi connectivity index (χ2n) is 8.84. The molecule has 0 saturated heterocycles. The minimum absolute atomic E-state index is 0.0627. The van der Waals surface area contributed by atoms with E-state index in [1.165, 1.54) is 70.3 Å². The van der Waals surface area contributed by atoms with E-state index in [1.54, 1.807) is 42.5 Å². The van der Waals surface area contributed by atoms with Crippen LogP contribution in [0, 0.1) is 0 Å². The lowest BCUT2D eigenvalue weighted by Crippen LogP contribution is -2.08. The van der Waals surface area contributed by atoms with Crippen molar-refractivity contribution in [1.82, 2.24) is 0 Å². The third-order valence-electron chi connectivity index (χ3n) is 5.96. The van der Waals surface area contributed by atoms with E-state index in [9.17, 15) is 14.7 Å². The molecule has 0 amide bonds. The SMILES string of the molecule is CCCCCCCCCCCCCCCC(=O)Oc1cccc(C(=O)c2ccccc2O)c1. The van der Waals surface area contributed by atoms with E-state index in [1.807, 2.05) is 0 Å². The lowest BCUT2D eigenvalue weighted by atomic mass is 10.0. The normalized spacial score (nSPS) is 10.8. The van der Waals surface area contributed by atoms with Crippen molar-refractivity contribution >= 4 is 11.8 Å². The molecule has 0 aliphatic carbocycles. The highest BCUT2D eigenvalue weighted by atomic mass is 16.5. The standard InChI is InChI=1S/C29H40O4/c1-2-3-4-5-6-7-8-9-10-11-12-13-14-22-28(31)33-25-19-17-18-24(23-25)29(32)26-20-15-16-21-27(26)30/h15-21,23,30H,2-14,22H2,1H3. The Hall–Kier alpha value is -2.62. The number of hydrogen-bond donors (Lipinski definition) is 1. The molecule has 0 fully saturated rings. The number of ketones is 1. The third-order valence-corrected chi connectivity index (χ3v) is 5.96. The zero-order chi connectivity index (χ0) is 23.7. The van der Waals surface area contributed by atoms with Crippen molar-refractivity contribution in [2.75, 3.05) is 0 Å². The highest BCUT2D eigenvalue weighted by Crippen LogP contribution is 2.22. The van der Waals surface area contributed by atoms with Gasteiger partial charge in [-0.15, -0.1) is 0 Å². The molecule has 0 unspecified atom stereocenters. The number of unbranched alkanes of at least 4 members (excludes halogenated alkanes) is 12. The first-order valence-electron chi connectivity index (χ1n) is 12.7. The van der Waals surface area contributed by atoms with Crippen LogP contribution in [0.15, 0.2) is 48.5 Å². The number of phenolic OH excluding ortho intramolecular Hbond substituents is 1. The zero-order valence-corrected chi connectivity index (χ0v) is 20.2. The van der Waals surface area contributed by atoms with Crippen molar-refractivity contribution in [2.45, 2.75) is 96.8 Å². The molecule has 33 heavy (non-hydrogen) atoms. The summed E-state index contributed by atoms with van der Waals surface area (Å²) >= 11 is 0. The number of carbonyl (C=O) groups is 2. The molecule has 0 bridgehead atoms. The van der Waals surface area contributed by atoms with Crippen molar-refractivity contribution in [3.63, 3.8) is 0 Å².